The van der Waals surface area contributed by atoms with E-state index in [0.717, 1.165) is 25.4 Å². The van der Waals surface area contributed by atoms with Gasteiger partial charge >= 0.3 is 0 Å². The summed E-state index contributed by atoms with van der Waals surface area (Å²) in [7, 11) is 0. The summed E-state index contributed by atoms with van der Waals surface area (Å²) in [6, 6.07) is 14.8. The van der Waals surface area contributed by atoms with Crippen LogP contribution in [0.1, 0.15) is 31.1 Å². The van der Waals surface area contributed by atoms with Crippen LogP contribution >= 0.6 is 0 Å². The summed E-state index contributed by atoms with van der Waals surface area (Å²) in [6.07, 6.45) is 0.0000309. The molecule has 2 aromatic carbocycles. The minimum Gasteiger partial charge on any atom is -0.490 e. The summed E-state index contributed by atoms with van der Waals surface area (Å²) >= 11 is 0. The van der Waals surface area contributed by atoms with Crippen molar-refractivity contribution < 1.29 is 23.7 Å². The van der Waals surface area contributed by atoms with Gasteiger partial charge in [0.15, 0.2) is 11.5 Å². The predicted molar refractivity (Wildman–Crippen MR) is 128 cm³/mol. The highest BCUT2D eigenvalue weighted by Crippen LogP contribution is 2.28. The zero-order valence-electron chi connectivity index (χ0n) is 19.9. The molecule has 1 aliphatic rings. The fourth-order valence-corrected chi connectivity index (χ4v) is 3.76. The molecular weight excluding hydrogens is 420 g/mol. The number of nitrogens with one attached hydrogen (secondary N) is 1. The molecule has 1 aliphatic heterocycles. The first-order valence-electron chi connectivity index (χ1n) is 11.7. The Balaban J connectivity index is 1.50. The fourth-order valence-electron chi connectivity index (χ4n) is 3.76. The van der Waals surface area contributed by atoms with Crippen LogP contribution in [0.25, 0.3) is 0 Å². The third kappa shape index (κ3) is 8.26. The van der Waals surface area contributed by atoms with Gasteiger partial charge in [0, 0.05) is 31.7 Å². The largest absolute Gasteiger partial charge is 0.490 e. The summed E-state index contributed by atoms with van der Waals surface area (Å²) in [5.41, 5.74) is 0.529. The number of para-hydroxylation sites is 1. The van der Waals surface area contributed by atoms with E-state index in [-0.39, 0.29) is 12.0 Å². The van der Waals surface area contributed by atoms with Gasteiger partial charge in [0.05, 0.1) is 19.3 Å². The second-order valence-corrected chi connectivity index (χ2v) is 8.46. The lowest BCUT2D eigenvalue weighted by Crippen LogP contribution is -2.48. The number of nitrogens with zero attached hydrogens (tertiary/aromatic N) is 1. The van der Waals surface area contributed by atoms with Crippen LogP contribution in [-0.4, -0.2) is 69.5 Å². The van der Waals surface area contributed by atoms with Crippen molar-refractivity contribution in [2.45, 2.75) is 26.9 Å². The minimum atomic E-state index is -0.153. The Morgan fingerprint density at radius 3 is 2.64 bits per heavy atom. The van der Waals surface area contributed by atoms with E-state index < -0.39 is 0 Å². The van der Waals surface area contributed by atoms with Gasteiger partial charge in [0.2, 0.25) is 0 Å². The van der Waals surface area contributed by atoms with Crippen LogP contribution in [0, 0.1) is 5.92 Å². The summed E-state index contributed by atoms with van der Waals surface area (Å²) < 4.78 is 23.0. The molecule has 1 fully saturated rings. The van der Waals surface area contributed by atoms with Gasteiger partial charge in [-0.3, -0.25) is 9.69 Å². The molecule has 0 spiro atoms. The van der Waals surface area contributed by atoms with Gasteiger partial charge in [-0.25, -0.2) is 0 Å². The molecule has 1 N–H and O–H groups in total. The van der Waals surface area contributed by atoms with Crippen LogP contribution in [0.15, 0.2) is 48.5 Å². The van der Waals surface area contributed by atoms with Crippen LogP contribution in [0.3, 0.4) is 0 Å². The number of amides is 1. The third-order valence-corrected chi connectivity index (χ3v) is 5.20. The molecule has 0 radical (unpaired) electrons. The molecule has 2 aromatic rings. The van der Waals surface area contributed by atoms with Crippen molar-refractivity contribution in [3.63, 3.8) is 0 Å². The average molecular weight is 457 g/mol. The molecule has 1 unspecified atom stereocenters. The zero-order chi connectivity index (χ0) is 23.5. The van der Waals surface area contributed by atoms with Gasteiger partial charge in [0.1, 0.15) is 19.0 Å². The maximum atomic E-state index is 12.7. The van der Waals surface area contributed by atoms with Crippen LogP contribution in [-0.2, 0) is 4.74 Å². The van der Waals surface area contributed by atoms with E-state index >= 15 is 0 Å². The van der Waals surface area contributed by atoms with Crippen LogP contribution < -0.4 is 19.5 Å². The van der Waals surface area contributed by atoms with Gasteiger partial charge < -0.3 is 24.3 Å². The highest BCUT2D eigenvalue weighted by Gasteiger charge is 2.22. The molecule has 0 saturated carbocycles. The molecule has 1 atom stereocenters. The number of rotatable bonds is 12. The summed E-state index contributed by atoms with van der Waals surface area (Å²) in [5, 5.41) is 2.99. The van der Waals surface area contributed by atoms with E-state index in [1.165, 1.54) is 0 Å². The number of carbonyl (C=O) groups is 1. The Hall–Kier alpha value is -2.77. The van der Waals surface area contributed by atoms with Crippen LogP contribution in [0.4, 0.5) is 0 Å². The molecule has 7 heteroatoms. The molecular formula is C26H36N2O5. The summed E-state index contributed by atoms with van der Waals surface area (Å²) in [4.78, 5) is 15.1. The molecule has 3 rings (SSSR count). The molecule has 180 valence electrons. The fraction of sp³-hybridized carbons (Fsp3) is 0.500. The first-order valence-corrected chi connectivity index (χ1v) is 11.7. The van der Waals surface area contributed by atoms with E-state index in [2.05, 4.69) is 24.1 Å². The monoisotopic (exact) mass is 456 g/mol. The molecule has 33 heavy (non-hydrogen) atoms. The Morgan fingerprint density at radius 1 is 1.09 bits per heavy atom. The lowest BCUT2D eigenvalue weighted by atomic mass is 10.1. The molecule has 1 saturated heterocycles. The van der Waals surface area contributed by atoms with Crippen LogP contribution in [0.5, 0.6) is 17.2 Å². The SMILES string of the molecule is CCOc1cc(C(=O)NCC2CN(CC(C)C)CCO2)ccc1OCCOc1ccccc1. The molecule has 7 nitrogen and oxygen atoms in total. The number of ether oxygens (including phenoxy) is 4. The first-order chi connectivity index (χ1) is 16.0. The Morgan fingerprint density at radius 2 is 1.88 bits per heavy atom. The van der Waals surface area contributed by atoms with Gasteiger partial charge in [-0.2, -0.15) is 0 Å². The Kier molecular flexibility index (Phi) is 9.84. The number of morpholine rings is 1. The van der Waals surface area contributed by atoms with Crippen LogP contribution in [0.2, 0.25) is 0 Å². The van der Waals surface area contributed by atoms with Crippen molar-refractivity contribution in [1.82, 2.24) is 10.2 Å². The second-order valence-electron chi connectivity index (χ2n) is 8.46. The number of hydrogen-bond donors (Lipinski definition) is 1. The average Bonchev–Trinajstić information content (AvgIpc) is 2.81. The maximum Gasteiger partial charge on any atom is 0.251 e. The zero-order valence-corrected chi connectivity index (χ0v) is 19.9. The number of carbonyl (C=O) groups excluding carboxylic acids is 1. The minimum absolute atomic E-state index is 0.0000309. The lowest BCUT2D eigenvalue weighted by molar-refractivity contribution is -0.0295. The Labute approximate surface area is 197 Å². The highest BCUT2D eigenvalue weighted by atomic mass is 16.5. The quantitative estimate of drug-likeness (QED) is 0.492. The Bertz CT molecular complexity index is 859. The smallest absolute Gasteiger partial charge is 0.251 e. The van der Waals surface area contributed by atoms with E-state index in [4.69, 9.17) is 18.9 Å². The van der Waals surface area contributed by atoms with E-state index in [1.54, 1.807) is 18.2 Å². The normalized spacial score (nSPS) is 16.4. The van der Waals surface area contributed by atoms with Crippen molar-refractivity contribution in [1.29, 1.82) is 0 Å². The molecule has 1 amide bonds. The molecule has 0 aliphatic carbocycles. The summed E-state index contributed by atoms with van der Waals surface area (Å²) in [6.45, 7) is 11.6. The number of benzene rings is 2. The molecule has 1 heterocycles. The lowest BCUT2D eigenvalue weighted by Gasteiger charge is -2.33. The van der Waals surface area contributed by atoms with Crippen molar-refractivity contribution in [2.24, 2.45) is 5.92 Å². The standard InChI is InChI=1S/C26H36N2O5/c1-4-30-25-16-21(10-11-24(25)33-15-14-32-22-8-6-5-7-9-22)26(29)27-17-23-19-28(12-13-31-23)18-20(2)3/h5-11,16,20,23H,4,12-15,17-19H2,1-3H3,(H,27,29). The molecule has 0 bridgehead atoms. The van der Waals surface area contributed by atoms with Gasteiger partial charge in [-0.05, 0) is 43.2 Å². The molecule has 0 aromatic heterocycles. The predicted octanol–water partition coefficient (Wildman–Crippen LogP) is 3.63. The highest BCUT2D eigenvalue weighted by molar-refractivity contribution is 5.94. The van der Waals surface area contributed by atoms with E-state index in [9.17, 15) is 4.79 Å². The topological polar surface area (TPSA) is 69.3 Å². The second kappa shape index (κ2) is 13.1. The van der Waals surface area contributed by atoms with Gasteiger partial charge in [-0.1, -0.05) is 32.0 Å². The third-order valence-electron chi connectivity index (χ3n) is 5.20. The van der Waals surface area contributed by atoms with Gasteiger partial charge in [-0.15, -0.1) is 0 Å². The summed E-state index contributed by atoms with van der Waals surface area (Å²) in [5.74, 6) is 2.39. The van der Waals surface area contributed by atoms with Crippen molar-refractivity contribution in [3.8, 4) is 17.2 Å². The number of hydrogen-bond acceptors (Lipinski definition) is 6. The van der Waals surface area contributed by atoms with E-state index in [1.807, 2.05) is 37.3 Å². The van der Waals surface area contributed by atoms with E-state index in [0.29, 0.717) is 56.0 Å². The first kappa shape index (κ1) is 24.9. The maximum absolute atomic E-state index is 12.7. The van der Waals surface area contributed by atoms with Crippen molar-refractivity contribution in [3.05, 3.63) is 54.1 Å². The van der Waals surface area contributed by atoms with Crippen molar-refractivity contribution in [2.75, 3.05) is 52.6 Å². The van der Waals surface area contributed by atoms with Crippen molar-refractivity contribution >= 4 is 5.91 Å². The van der Waals surface area contributed by atoms with Gasteiger partial charge in [0.25, 0.3) is 5.91 Å².